The third-order valence-electron chi connectivity index (χ3n) is 1.16. The van der Waals surface area contributed by atoms with Crippen LogP contribution >= 0.6 is 0 Å². The van der Waals surface area contributed by atoms with Crippen molar-refractivity contribution in [3.8, 4) is 0 Å². The van der Waals surface area contributed by atoms with Gasteiger partial charge in [-0.3, -0.25) is 0 Å². The molecule has 0 bridgehead atoms. The van der Waals surface area contributed by atoms with Gasteiger partial charge in [0, 0.05) is 13.2 Å². The molecule has 0 aromatic heterocycles. The van der Waals surface area contributed by atoms with E-state index in [1.807, 2.05) is 0 Å². The highest BCUT2D eigenvalue weighted by atomic mass is 16.5. The lowest BCUT2D eigenvalue weighted by Crippen LogP contribution is -1.86. The summed E-state index contributed by atoms with van der Waals surface area (Å²) in [5.74, 6) is 0.824. The second-order valence-electron chi connectivity index (χ2n) is 1.97. The molecule has 0 unspecified atom stereocenters. The minimum atomic E-state index is 0.824. The van der Waals surface area contributed by atoms with E-state index in [4.69, 9.17) is 4.74 Å². The Morgan fingerprint density at radius 1 is 1.67 bits per heavy atom. The molecule has 1 saturated heterocycles. The molecule has 0 radical (unpaired) electrons. The molecule has 0 amide bonds. The van der Waals surface area contributed by atoms with Crippen molar-refractivity contribution >= 4 is 7.85 Å². The average molecular weight is 83.9 g/mol. The molecule has 6 heavy (non-hydrogen) atoms. The second kappa shape index (κ2) is 1.65. The molecule has 0 N–H and O–H groups in total. The Kier molecular flexibility index (Phi) is 1.15. The molecule has 1 fully saturated rings. The molecule has 1 rings (SSSR count). The third-order valence-corrected chi connectivity index (χ3v) is 1.16. The van der Waals surface area contributed by atoms with Crippen LogP contribution in [0.25, 0.3) is 0 Å². The van der Waals surface area contributed by atoms with Crippen LogP contribution in [0, 0.1) is 0 Å². The van der Waals surface area contributed by atoms with E-state index in [0.29, 0.717) is 0 Å². The van der Waals surface area contributed by atoms with E-state index in [2.05, 4.69) is 7.85 Å². The van der Waals surface area contributed by atoms with Gasteiger partial charge in [0.05, 0.1) is 0 Å². The second-order valence-corrected chi connectivity index (χ2v) is 1.97. The lowest BCUT2D eigenvalue weighted by atomic mass is 9.87. The first-order valence-electron chi connectivity index (χ1n) is 2.47. The van der Waals surface area contributed by atoms with Crippen LogP contribution in [0.1, 0.15) is 6.42 Å². The summed E-state index contributed by atoms with van der Waals surface area (Å²) in [6.45, 7) is 1.97. The van der Waals surface area contributed by atoms with Crippen molar-refractivity contribution in [3.05, 3.63) is 0 Å². The summed E-state index contributed by atoms with van der Waals surface area (Å²) in [6, 6.07) is 0. The maximum atomic E-state index is 5.06. The van der Waals surface area contributed by atoms with Crippen molar-refractivity contribution in [2.24, 2.45) is 0 Å². The van der Waals surface area contributed by atoms with Crippen molar-refractivity contribution in [3.63, 3.8) is 0 Å². The molecule has 1 aliphatic rings. The van der Waals surface area contributed by atoms with Gasteiger partial charge in [-0.25, -0.2) is 0 Å². The summed E-state index contributed by atoms with van der Waals surface area (Å²) in [5.41, 5.74) is 0. The van der Waals surface area contributed by atoms with E-state index in [1.54, 1.807) is 0 Å². The number of rotatable bonds is 0. The van der Waals surface area contributed by atoms with Gasteiger partial charge in [-0.15, -0.1) is 0 Å². The molecular weight excluding hydrogens is 74.9 g/mol. The molecule has 1 heterocycles. The molecule has 0 aromatic carbocycles. The van der Waals surface area contributed by atoms with E-state index >= 15 is 0 Å². The monoisotopic (exact) mass is 84.1 g/mol. The van der Waals surface area contributed by atoms with Crippen molar-refractivity contribution in [2.75, 3.05) is 13.2 Å². The normalized spacial score (nSPS) is 34.3. The number of ether oxygens (including phenoxy) is 1. The average Bonchev–Trinajstić information content (AvgIpc) is 1.86. The van der Waals surface area contributed by atoms with Gasteiger partial charge in [0.15, 0.2) is 0 Å². The molecule has 0 spiro atoms. The zero-order valence-corrected chi connectivity index (χ0v) is 4.11. The Morgan fingerprint density at radius 3 is 2.67 bits per heavy atom. The zero-order valence-electron chi connectivity index (χ0n) is 4.11. The Bertz CT molecular complexity index is 40.8. The molecular formula is C4H9BO. The maximum Gasteiger partial charge on any atom is 0.108 e. The van der Waals surface area contributed by atoms with Crippen molar-refractivity contribution in [1.82, 2.24) is 0 Å². The lowest BCUT2D eigenvalue weighted by Gasteiger charge is -1.88. The van der Waals surface area contributed by atoms with Crippen molar-refractivity contribution in [1.29, 1.82) is 0 Å². The zero-order chi connectivity index (χ0) is 4.41. The Balaban J connectivity index is 2.18. The van der Waals surface area contributed by atoms with E-state index in [-0.39, 0.29) is 0 Å². The highest BCUT2D eigenvalue weighted by Crippen LogP contribution is 2.12. The van der Waals surface area contributed by atoms with Crippen LogP contribution in [0.15, 0.2) is 0 Å². The molecule has 1 aliphatic heterocycles. The highest BCUT2D eigenvalue weighted by molar-refractivity contribution is 6.11. The maximum absolute atomic E-state index is 5.06. The molecule has 2 heteroatoms. The molecule has 1 atom stereocenters. The van der Waals surface area contributed by atoms with Crippen LogP contribution in [0.5, 0.6) is 0 Å². The van der Waals surface area contributed by atoms with Crippen LogP contribution in [-0.4, -0.2) is 21.1 Å². The van der Waals surface area contributed by atoms with E-state index in [0.717, 1.165) is 19.0 Å². The van der Waals surface area contributed by atoms with Crippen molar-refractivity contribution < 1.29 is 4.74 Å². The van der Waals surface area contributed by atoms with Gasteiger partial charge < -0.3 is 4.74 Å². The molecule has 0 aliphatic carbocycles. The molecule has 0 aromatic rings. The number of hydrogen-bond acceptors (Lipinski definition) is 1. The predicted octanol–water partition coefficient (Wildman–Crippen LogP) is -0.172. The standard InChI is InChI=1S/C4H9BO/c5-4-1-2-6-3-4/h4H,1-3,5H2/t4-/m1/s1. The summed E-state index contributed by atoms with van der Waals surface area (Å²) in [7, 11) is 2.22. The molecule has 34 valence electrons. The number of hydrogen-bond donors (Lipinski definition) is 0. The van der Waals surface area contributed by atoms with Gasteiger partial charge in [0.2, 0.25) is 0 Å². The first-order valence-corrected chi connectivity index (χ1v) is 2.47. The van der Waals surface area contributed by atoms with Crippen LogP contribution < -0.4 is 0 Å². The van der Waals surface area contributed by atoms with E-state index in [1.165, 1.54) is 6.42 Å². The van der Waals surface area contributed by atoms with Gasteiger partial charge in [0.25, 0.3) is 0 Å². The first-order chi connectivity index (χ1) is 2.89. The topological polar surface area (TPSA) is 9.23 Å². The fourth-order valence-corrected chi connectivity index (χ4v) is 0.652. The van der Waals surface area contributed by atoms with Gasteiger partial charge in [-0.05, 0) is 12.2 Å². The smallest absolute Gasteiger partial charge is 0.108 e. The summed E-state index contributed by atoms with van der Waals surface area (Å²) in [5, 5.41) is 0. The predicted molar refractivity (Wildman–Crippen MR) is 27.7 cm³/mol. The summed E-state index contributed by atoms with van der Waals surface area (Å²) in [4.78, 5) is 0. The fourth-order valence-electron chi connectivity index (χ4n) is 0.652. The van der Waals surface area contributed by atoms with Crippen LogP contribution in [0.4, 0.5) is 0 Å². The Labute approximate surface area is 39.1 Å². The van der Waals surface area contributed by atoms with Gasteiger partial charge in [-0.2, -0.15) is 0 Å². The largest absolute Gasteiger partial charge is 0.382 e. The van der Waals surface area contributed by atoms with Crippen LogP contribution in [-0.2, 0) is 4.74 Å². The van der Waals surface area contributed by atoms with Gasteiger partial charge in [0.1, 0.15) is 7.85 Å². The lowest BCUT2D eigenvalue weighted by molar-refractivity contribution is 0.198. The summed E-state index contributed by atoms with van der Waals surface area (Å²) in [6.07, 6.45) is 1.26. The van der Waals surface area contributed by atoms with Crippen LogP contribution in [0.3, 0.4) is 0 Å². The van der Waals surface area contributed by atoms with E-state index < -0.39 is 0 Å². The minimum absolute atomic E-state index is 0.824. The van der Waals surface area contributed by atoms with Crippen LogP contribution in [0.2, 0.25) is 5.82 Å². The van der Waals surface area contributed by atoms with Gasteiger partial charge >= 0.3 is 0 Å². The Hall–Kier alpha value is 0.0249. The third kappa shape index (κ3) is 0.746. The van der Waals surface area contributed by atoms with E-state index in [9.17, 15) is 0 Å². The minimum Gasteiger partial charge on any atom is -0.382 e. The molecule has 1 nitrogen and oxygen atoms in total. The summed E-state index contributed by atoms with van der Waals surface area (Å²) < 4.78 is 5.06. The highest BCUT2D eigenvalue weighted by Gasteiger charge is 2.07. The Morgan fingerprint density at radius 2 is 2.50 bits per heavy atom. The quantitative estimate of drug-likeness (QED) is 0.370. The fraction of sp³-hybridized carbons (Fsp3) is 1.00. The first kappa shape index (κ1) is 4.19. The van der Waals surface area contributed by atoms with Gasteiger partial charge in [-0.1, -0.05) is 0 Å². The SMILES string of the molecule is B[C@@H]1CCOC1. The molecule has 0 saturated carbocycles. The summed E-state index contributed by atoms with van der Waals surface area (Å²) >= 11 is 0. The van der Waals surface area contributed by atoms with Crippen molar-refractivity contribution in [2.45, 2.75) is 12.2 Å².